The number of phenolic OH excluding ortho intramolecular Hbond substituents is 1. The third-order valence-corrected chi connectivity index (χ3v) is 2.68. The highest BCUT2D eigenvalue weighted by atomic mass is 16.6. The molecular weight excluding hydrogens is 310 g/mol. The zero-order chi connectivity index (χ0) is 18.8. The van der Waals surface area contributed by atoms with Gasteiger partial charge in [-0.05, 0) is 44.9 Å². The van der Waals surface area contributed by atoms with Gasteiger partial charge in [0.2, 0.25) is 5.91 Å². The molecule has 0 unspecified atom stereocenters. The van der Waals surface area contributed by atoms with Crippen LogP contribution < -0.4 is 16.6 Å². The summed E-state index contributed by atoms with van der Waals surface area (Å²) in [6, 6.07) is 6.91. The molecule has 24 heavy (non-hydrogen) atoms. The van der Waals surface area contributed by atoms with Crippen molar-refractivity contribution in [3.8, 4) is 5.75 Å². The predicted octanol–water partition coefficient (Wildman–Crippen LogP) is 2.09. The lowest BCUT2D eigenvalue weighted by atomic mass is 10.1. The highest BCUT2D eigenvalue weighted by Crippen LogP contribution is 2.10. The van der Waals surface area contributed by atoms with Crippen molar-refractivity contribution in [2.45, 2.75) is 46.6 Å². The second-order valence-electron chi connectivity index (χ2n) is 6.51. The molecule has 0 bridgehead atoms. The summed E-state index contributed by atoms with van der Waals surface area (Å²) in [5.41, 5.74) is 2.61. The van der Waals surface area contributed by atoms with Crippen LogP contribution in [0.3, 0.4) is 0 Å². The zero-order valence-electron chi connectivity index (χ0n) is 15.1. The van der Waals surface area contributed by atoms with Crippen molar-refractivity contribution < 1.29 is 19.4 Å². The van der Waals surface area contributed by atoms with Crippen molar-refractivity contribution in [1.29, 1.82) is 0 Å². The Kier molecular flexibility index (Phi) is 9.49. The van der Waals surface area contributed by atoms with Gasteiger partial charge in [-0.1, -0.05) is 26.0 Å². The number of ether oxygens (including phenoxy) is 1. The molecule has 0 aliphatic heterocycles. The van der Waals surface area contributed by atoms with Gasteiger partial charge in [0.25, 0.3) is 0 Å². The van der Waals surface area contributed by atoms with E-state index in [1.54, 1.807) is 26.0 Å². The van der Waals surface area contributed by atoms with Crippen LogP contribution in [0.1, 0.15) is 40.2 Å². The Bertz CT molecular complexity index is 508. The second kappa shape index (κ2) is 10.5. The van der Waals surface area contributed by atoms with Crippen LogP contribution >= 0.6 is 0 Å². The minimum Gasteiger partial charge on any atom is -0.508 e. The monoisotopic (exact) mass is 339 g/mol. The van der Waals surface area contributed by atoms with Crippen LogP contribution in [0, 0.1) is 5.92 Å². The fourth-order valence-corrected chi connectivity index (χ4v) is 1.45. The Morgan fingerprint density at radius 2 is 1.75 bits per heavy atom. The number of alkyl carbamates (subject to hydrolysis) is 1. The highest BCUT2D eigenvalue weighted by molar-refractivity contribution is 5.77. The van der Waals surface area contributed by atoms with Crippen LogP contribution in [0.15, 0.2) is 24.3 Å². The van der Waals surface area contributed by atoms with Crippen LogP contribution in [-0.4, -0.2) is 29.3 Å². The molecule has 0 fully saturated rings. The number of aromatic hydroxyl groups is 1. The van der Waals surface area contributed by atoms with Crippen LogP contribution in [0.2, 0.25) is 0 Å². The molecule has 2 amide bonds. The van der Waals surface area contributed by atoms with E-state index >= 15 is 0 Å². The molecule has 0 aromatic heterocycles. The first-order chi connectivity index (χ1) is 11.0. The Labute approximate surface area is 143 Å². The lowest BCUT2D eigenvalue weighted by Gasteiger charge is -2.19. The number of nitrogens with one attached hydrogen (secondary N) is 2. The fourth-order valence-electron chi connectivity index (χ4n) is 1.45. The van der Waals surface area contributed by atoms with Gasteiger partial charge in [0.1, 0.15) is 11.4 Å². The van der Waals surface area contributed by atoms with Crippen molar-refractivity contribution in [3.63, 3.8) is 0 Å². The third-order valence-electron chi connectivity index (χ3n) is 2.68. The molecule has 0 heterocycles. The standard InChI is InChI=1S/C13H19NO3.C4H10N2O/c1-13(2,3)17-12(16)14-9-8-10-4-6-11(15)7-5-10;1-3(2)4(7)6-5/h4-7,15H,8-9H2,1-3H3,(H,14,16);3H,5H2,1-2H3,(H,6,7). The van der Waals surface area contributed by atoms with E-state index < -0.39 is 11.7 Å². The van der Waals surface area contributed by atoms with Crippen molar-refractivity contribution in [2.75, 3.05) is 6.54 Å². The van der Waals surface area contributed by atoms with E-state index in [9.17, 15) is 9.59 Å². The van der Waals surface area contributed by atoms with Crippen LogP contribution in [-0.2, 0) is 16.0 Å². The number of carbonyl (C=O) groups excluding carboxylic acids is 2. The molecule has 0 spiro atoms. The Balaban J connectivity index is 0.000000640. The Morgan fingerprint density at radius 3 is 2.12 bits per heavy atom. The SMILES string of the molecule is CC(C)(C)OC(=O)NCCc1ccc(O)cc1.CC(C)C(=O)NN. The normalized spacial score (nSPS) is 10.5. The van der Waals surface area contributed by atoms with Gasteiger partial charge in [-0.15, -0.1) is 0 Å². The highest BCUT2D eigenvalue weighted by Gasteiger charge is 2.15. The first-order valence-corrected chi connectivity index (χ1v) is 7.80. The lowest BCUT2D eigenvalue weighted by Crippen LogP contribution is -2.33. The molecule has 0 atom stereocenters. The first kappa shape index (κ1) is 21.7. The van der Waals surface area contributed by atoms with E-state index in [-0.39, 0.29) is 17.6 Å². The van der Waals surface area contributed by atoms with Gasteiger partial charge in [0, 0.05) is 12.5 Å². The minimum atomic E-state index is -0.470. The summed E-state index contributed by atoms with van der Waals surface area (Å²) in [5, 5.41) is 11.8. The van der Waals surface area contributed by atoms with E-state index in [0.717, 1.165) is 5.56 Å². The molecule has 136 valence electrons. The number of amides is 2. The summed E-state index contributed by atoms with van der Waals surface area (Å²) < 4.78 is 5.10. The van der Waals surface area contributed by atoms with Gasteiger partial charge in [0.15, 0.2) is 0 Å². The molecule has 1 rings (SSSR count). The van der Waals surface area contributed by atoms with E-state index in [1.165, 1.54) is 0 Å². The Morgan fingerprint density at radius 1 is 1.21 bits per heavy atom. The largest absolute Gasteiger partial charge is 0.508 e. The number of hydrazine groups is 1. The van der Waals surface area contributed by atoms with Crippen LogP contribution in [0.5, 0.6) is 5.75 Å². The number of hydrogen-bond donors (Lipinski definition) is 4. The van der Waals surface area contributed by atoms with E-state index in [4.69, 9.17) is 15.7 Å². The lowest BCUT2D eigenvalue weighted by molar-refractivity contribution is -0.124. The van der Waals surface area contributed by atoms with Crippen molar-refractivity contribution in [3.05, 3.63) is 29.8 Å². The summed E-state index contributed by atoms with van der Waals surface area (Å²) in [4.78, 5) is 21.6. The molecule has 1 aromatic carbocycles. The van der Waals surface area contributed by atoms with Gasteiger partial charge in [-0.2, -0.15) is 0 Å². The summed E-state index contributed by atoms with van der Waals surface area (Å²) in [5.74, 6) is 4.88. The smallest absolute Gasteiger partial charge is 0.407 e. The number of carbonyl (C=O) groups is 2. The maximum atomic E-state index is 11.3. The number of rotatable bonds is 4. The molecule has 1 aromatic rings. The topological polar surface area (TPSA) is 114 Å². The Hall–Kier alpha value is -2.28. The van der Waals surface area contributed by atoms with Crippen molar-refractivity contribution in [1.82, 2.24) is 10.7 Å². The quantitative estimate of drug-likeness (QED) is 0.381. The molecule has 5 N–H and O–H groups in total. The predicted molar refractivity (Wildman–Crippen MR) is 93.2 cm³/mol. The number of benzene rings is 1. The van der Waals surface area contributed by atoms with Gasteiger partial charge in [0.05, 0.1) is 0 Å². The number of nitrogens with two attached hydrogens (primary N) is 1. The minimum absolute atomic E-state index is 0.00926. The second-order valence-corrected chi connectivity index (χ2v) is 6.51. The fraction of sp³-hybridized carbons (Fsp3) is 0.529. The molecule has 0 saturated carbocycles. The molecule has 0 radical (unpaired) electrons. The van der Waals surface area contributed by atoms with E-state index in [2.05, 4.69) is 5.32 Å². The zero-order valence-corrected chi connectivity index (χ0v) is 15.1. The van der Waals surface area contributed by atoms with Crippen LogP contribution in [0.4, 0.5) is 4.79 Å². The molecular formula is C17H29N3O4. The molecule has 0 saturated heterocycles. The summed E-state index contributed by atoms with van der Waals surface area (Å²) in [6.07, 6.45) is 0.302. The number of phenols is 1. The summed E-state index contributed by atoms with van der Waals surface area (Å²) in [7, 11) is 0. The molecule has 0 aliphatic carbocycles. The van der Waals surface area contributed by atoms with E-state index in [0.29, 0.717) is 13.0 Å². The average molecular weight is 339 g/mol. The van der Waals surface area contributed by atoms with Gasteiger partial charge < -0.3 is 15.2 Å². The van der Waals surface area contributed by atoms with Gasteiger partial charge in [-0.25, -0.2) is 10.6 Å². The maximum absolute atomic E-state index is 11.3. The molecule has 7 heteroatoms. The maximum Gasteiger partial charge on any atom is 0.407 e. The molecule has 7 nitrogen and oxygen atoms in total. The van der Waals surface area contributed by atoms with E-state index in [1.807, 2.05) is 38.3 Å². The summed E-state index contributed by atoms with van der Waals surface area (Å²) in [6.45, 7) is 9.55. The summed E-state index contributed by atoms with van der Waals surface area (Å²) >= 11 is 0. The third kappa shape index (κ3) is 11.3. The number of hydrogen-bond acceptors (Lipinski definition) is 5. The first-order valence-electron chi connectivity index (χ1n) is 7.80. The van der Waals surface area contributed by atoms with Crippen LogP contribution in [0.25, 0.3) is 0 Å². The van der Waals surface area contributed by atoms with Crippen molar-refractivity contribution in [2.24, 2.45) is 11.8 Å². The average Bonchev–Trinajstić information content (AvgIpc) is 2.47. The van der Waals surface area contributed by atoms with Gasteiger partial charge in [-0.3, -0.25) is 10.2 Å². The van der Waals surface area contributed by atoms with Gasteiger partial charge >= 0.3 is 6.09 Å². The molecule has 0 aliphatic rings. The van der Waals surface area contributed by atoms with Crippen molar-refractivity contribution >= 4 is 12.0 Å².